The molecule has 8 heteroatoms. The van der Waals surface area contributed by atoms with Crippen molar-refractivity contribution in [3.8, 4) is 0 Å². The van der Waals surface area contributed by atoms with E-state index in [1.165, 1.54) is 54.6 Å². The summed E-state index contributed by atoms with van der Waals surface area (Å²) >= 11 is 0. The van der Waals surface area contributed by atoms with E-state index in [1.54, 1.807) is 0 Å². The molecule has 1 saturated carbocycles. The minimum atomic E-state index is -3.70. The van der Waals surface area contributed by atoms with Crippen LogP contribution in [0, 0.1) is 11.7 Å². The van der Waals surface area contributed by atoms with Crippen molar-refractivity contribution in [3.05, 3.63) is 30.1 Å². The third-order valence-corrected chi connectivity index (χ3v) is 7.70. The van der Waals surface area contributed by atoms with Gasteiger partial charge in [-0.1, -0.05) is 25.3 Å². The molecule has 1 aliphatic carbocycles. The topological polar surface area (TPSA) is 60.9 Å². The van der Waals surface area contributed by atoms with Crippen molar-refractivity contribution in [2.24, 2.45) is 5.92 Å². The third kappa shape index (κ3) is 5.30. The Morgan fingerprint density at radius 3 is 2.46 bits per heavy atom. The second-order valence-corrected chi connectivity index (χ2v) is 9.85. The molecule has 1 aliphatic heterocycles. The number of piperazine rings is 1. The maximum Gasteiger partial charge on any atom is 0.243 e. The zero-order valence-electron chi connectivity index (χ0n) is 16.5. The molecule has 1 heterocycles. The van der Waals surface area contributed by atoms with Crippen LogP contribution in [0.15, 0.2) is 29.2 Å². The Balaban J connectivity index is 1.49. The first-order valence-electron chi connectivity index (χ1n) is 10.1. The molecule has 0 N–H and O–H groups in total. The van der Waals surface area contributed by atoms with E-state index in [0.29, 0.717) is 38.6 Å². The SMILES string of the molecule is CN(CC1CCCCC1)C(=O)CN1CCN(S(=O)(=O)c2cccc(F)c2)CC1. The summed E-state index contributed by atoms with van der Waals surface area (Å²) in [5, 5.41) is 0. The molecule has 28 heavy (non-hydrogen) atoms. The second kappa shape index (κ2) is 9.33. The van der Waals surface area contributed by atoms with E-state index in [4.69, 9.17) is 0 Å². The van der Waals surface area contributed by atoms with E-state index in [-0.39, 0.29) is 10.8 Å². The van der Waals surface area contributed by atoms with Crippen LogP contribution in [0.25, 0.3) is 0 Å². The van der Waals surface area contributed by atoms with Crippen LogP contribution in [-0.4, -0.2) is 74.7 Å². The molecule has 0 unspecified atom stereocenters. The number of likely N-dealkylation sites (N-methyl/N-ethyl adjacent to an activating group) is 1. The molecule has 0 aromatic heterocycles. The Hall–Kier alpha value is -1.51. The Labute approximate surface area is 167 Å². The first kappa shape index (κ1) is 21.2. The van der Waals surface area contributed by atoms with E-state index >= 15 is 0 Å². The fourth-order valence-corrected chi connectivity index (χ4v) is 5.53. The molecule has 0 radical (unpaired) electrons. The normalized spacial score (nSPS) is 20.2. The second-order valence-electron chi connectivity index (χ2n) is 7.92. The number of hydrogen-bond donors (Lipinski definition) is 0. The molecule has 1 aromatic rings. The summed E-state index contributed by atoms with van der Waals surface area (Å²) in [6.07, 6.45) is 6.22. The van der Waals surface area contributed by atoms with Crippen molar-refractivity contribution in [1.82, 2.24) is 14.1 Å². The van der Waals surface area contributed by atoms with Crippen LogP contribution in [0.4, 0.5) is 4.39 Å². The lowest BCUT2D eigenvalue weighted by molar-refractivity contribution is -0.132. The van der Waals surface area contributed by atoms with E-state index in [0.717, 1.165) is 12.6 Å². The predicted molar refractivity (Wildman–Crippen MR) is 106 cm³/mol. The lowest BCUT2D eigenvalue weighted by Gasteiger charge is -2.35. The largest absolute Gasteiger partial charge is 0.344 e. The molecule has 1 aromatic carbocycles. The van der Waals surface area contributed by atoms with Gasteiger partial charge in [-0.3, -0.25) is 9.69 Å². The number of carbonyl (C=O) groups excluding carboxylic acids is 1. The van der Waals surface area contributed by atoms with E-state index in [1.807, 2.05) is 16.8 Å². The summed E-state index contributed by atoms with van der Waals surface area (Å²) in [6, 6.07) is 5.09. The minimum absolute atomic E-state index is 0.0239. The first-order chi connectivity index (χ1) is 13.4. The highest BCUT2D eigenvalue weighted by Crippen LogP contribution is 2.24. The summed E-state index contributed by atoms with van der Waals surface area (Å²) in [6.45, 7) is 2.73. The van der Waals surface area contributed by atoms with Crippen LogP contribution in [0.5, 0.6) is 0 Å². The highest BCUT2D eigenvalue weighted by Gasteiger charge is 2.30. The predicted octanol–water partition coefficient (Wildman–Crippen LogP) is 2.17. The van der Waals surface area contributed by atoms with Gasteiger partial charge in [-0.15, -0.1) is 0 Å². The zero-order valence-corrected chi connectivity index (χ0v) is 17.3. The van der Waals surface area contributed by atoms with Gasteiger partial charge in [0, 0.05) is 39.8 Å². The summed E-state index contributed by atoms with van der Waals surface area (Å²) in [5.41, 5.74) is 0. The summed E-state index contributed by atoms with van der Waals surface area (Å²) in [4.78, 5) is 16.3. The lowest BCUT2D eigenvalue weighted by Crippen LogP contribution is -2.51. The lowest BCUT2D eigenvalue weighted by atomic mass is 9.89. The van der Waals surface area contributed by atoms with Crippen LogP contribution in [-0.2, 0) is 14.8 Å². The van der Waals surface area contributed by atoms with Crippen molar-refractivity contribution in [3.63, 3.8) is 0 Å². The number of carbonyl (C=O) groups is 1. The van der Waals surface area contributed by atoms with Crippen LogP contribution < -0.4 is 0 Å². The standard InChI is InChI=1S/C20H30FN3O3S/c1-22(15-17-6-3-2-4-7-17)20(25)16-23-10-12-24(13-11-23)28(26,27)19-9-5-8-18(21)14-19/h5,8-9,14,17H,2-4,6-7,10-13,15-16H2,1H3. The molecule has 2 aliphatic rings. The summed E-state index contributed by atoms with van der Waals surface area (Å²) in [7, 11) is -1.84. The van der Waals surface area contributed by atoms with Crippen LogP contribution in [0.1, 0.15) is 32.1 Å². The number of benzene rings is 1. The average molecular weight is 412 g/mol. The summed E-state index contributed by atoms with van der Waals surface area (Å²) < 4.78 is 40.1. The van der Waals surface area contributed by atoms with Crippen molar-refractivity contribution in [2.45, 2.75) is 37.0 Å². The maximum absolute atomic E-state index is 13.4. The molecule has 1 saturated heterocycles. The number of rotatable bonds is 6. The third-order valence-electron chi connectivity index (χ3n) is 5.81. The number of sulfonamides is 1. The maximum atomic E-state index is 13.4. The van der Waals surface area contributed by atoms with Gasteiger partial charge >= 0.3 is 0 Å². The fraction of sp³-hybridized carbons (Fsp3) is 0.650. The quantitative estimate of drug-likeness (QED) is 0.720. The van der Waals surface area contributed by atoms with Crippen LogP contribution >= 0.6 is 0 Å². The summed E-state index contributed by atoms with van der Waals surface area (Å²) in [5.74, 6) is 0.134. The molecule has 3 rings (SSSR count). The first-order valence-corrected chi connectivity index (χ1v) is 11.5. The molecule has 1 amide bonds. The zero-order chi connectivity index (χ0) is 20.1. The van der Waals surface area contributed by atoms with Gasteiger partial charge in [0.05, 0.1) is 11.4 Å². The van der Waals surface area contributed by atoms with Crippen molar-refractivity contribution in [1.29, 1.82) is 0 Å². The van der Waals surface area contributed by atoms with E-state index in [9.17, 15) is 17.6 Å². The van der Waals surface area contributed by atoms with Gasteiger partial charge in [0.15, 0.2) is 0 Å². The van der Waals surface area contributed by atoms with Crippen molar-refractivity contribution < 1.29 is 17.6 Å². The highest BCUT2D eigenvalue weighted by molar-refractivity contribution is 7.89. The Morgan fingerprint density at radius 2 is 1.82 bits per heavy atom. The van der Waals surface area contributed by atoms with Crippen LogP contribution in [0.2, 0.25) is 0 Å². The Kier molecular flexibility index (Phi) is 7.06. The molecule has 6 nitrogen and oxygen atoms in total. The smallest absolute Gasteiger partial charge is 0.243 e. The van der Waals surface area contributed by atoms with Gasteiger partial charge in [-0.2, -0.15) is 4.31 Å². The van der Waals surface area contributed by atoms with Gasteiger partial charge in [-0.25, -0.2) is 12.8 Å². The van der Waals surface area contributed by atoms with Gasteiger partial charge in [-0.05, 0) is 37.0 Å². The average Bonchev–Trinajstić information content (AvgIpc) is 2.69. The Bertz CT molecular complexity index is 773. The molecular formula is C20H30FN3O3S. The van der Waals surface area contributed by atoms with Crippen molar-refractivity contribution >= 4 is 15.9 Å². The molecule has 2 fully saturated rings. The fourth-order valence-electron chi connectivity index (χ4n) is 4.08. The van der Waals surface area contributed by atoms with Gasteiger partial charge in [0.1, 0.15) is 5.82 Å². The monoisotopic (exact) mass is 411 g/mol. The number of amides is 1. The molecule has 0 atom stereocenters. The van der Waals surface area contributed by atoms with E-state index < -0.39 is 15.8 Å². The molecule has 156 valence electrons. The van der Waals surface area contributed by atoms with Gasteiger partial charge < -0.3 is 4.90 Å². The Morgan fingerprint density at radius 1 is 1.14 bits per heavy atom. The highest BCUT2D eigenvalue weighted by atomic mass is 32.2. The van der Waals surface area contributed by atoms with Gasteiger partial charge in [0.2, 0.25) is 15.9 Å². The minimum Gasteiger partial charge on any atom is -0.344 e. The van der Waals surface area contributed by atoms with Crippen molar-refractivity contribution in [2.75, 3.05) is 46.3 Å². The molecule has 0 bridgehead atoms. The number of hydrogen-bond acceptors (Lipinski definition) is 4. The van der Waals surface area contributed by atoms with E-state index in [2.05, 4.69) is 0 Å². The molecular weight excluding hydrogens is 381 g/mol. The van der Waals surface area contributed by atoms with Gasteiger partial charge in [0.25, 0.3) is 0 Å². The molecule has 0 spiro atoms. The van der Waals surface area contributed by atoms with Crippen LogP contribution in [0.3, 0.4) is 0 Å². The number of halogens is 1. The number of nitrogens with zero attached hydrogens (tertiary/aromatic N) is 3.